The van der Waals surface area contributed by atoms with Crippen molar-refractivity contribution in [1.29, 1.82) is 0 Å². The first-order valence-electron chi connectivity index (χ1n) is 12.7. The second kappa shape index (κ2) is 13.7. The summed E-state index contributed by atoms with van der Waals surface area (Å²) in [4.78, 5) is 8.61. The van der Waals surface area contributed by atoms with E-state index in [9.17, 15) is 8.78 Å². The Balaban J connectivity index is 0.00000195. The summed E-state index contributed by atoms with van der Waals surface area (Å²) in [5.41, 5.74) is 4.18. The van der Waals surface area contributed by atoms with Gasteiger partial charge in [-0.1, -0.05) is 73.5 Å². The van der Waals surface area contributed by atoms with Crippen molar-refractivity contribution in [2.45, 2.75) is 53.4 Å². The summed E-state index contributed by atoms with van der Waals surface area (Å²) >= 11 is 7.60. The van der Waals surface area contributed by atoms with Crippen LogP contribution in [0.15, 0.2) is 67.0 Å². The summed E-state index contributed by atoms with van der Waals surface area (Å²) in [6.45, 7) is 9.37. The highest BCUT2D eigenvalue weighted by Gasteiger charge is 2.29. The Kier molecular flexibility index (Phi) is 10.6. The normalized spacial score (nSPS) is 11.9. The van der Waals surface area contributed by atoms with Gasteiger partial charge in [-0.25, -0.2) is 13.8 Å². The van der Waals surface area contributed by atoms with Gasteiger partial charge in [0.25, 0.3) is 5.92 Å². The highest BCUT2D eigenvalue weighted by Crippen LogP contribution is 2.39. The molecule has 0 amide bonds. The summed E-state index contributed by atoms with van der Waals surface area (Å²) in [6, 6.07) is 16.8. The summed E-state index contributed by atoms with van der Waals surface area (Å²) in [6.07, 6.45) is 5.17. The first kappa shape index (κ1) is 29.5. The maximum atomic E-state index is 14.5. The number of hydrogen-bond acceptors (Lipinski definition) is 5. The van der Waals surface area contributed by atoms with E-state index in [0.717, 1.165) is 25.3 Å². The van der Waals surface area contributed by atoms with E-state index in [4.69, 9.17) is 16.3 Å². The fourth-order valence-corrected chi connectivity index (χ4v) is 4.83. The van der Waals surface area contributed by atoms with Crippen LogP contribution >= 0.6 is 22.9 Å². The maximum absolute atomic E-state index is 14.5. The molecule has 0 saturated heterocycles. The minimum Gasteiger partial charge on any atom is -0.493 e. The van der Waals surface area contributed by atoms with Gasteiger partial charge in [0.2, 0.25) is 0 Å². The third-order valence-electron chi connectivity index (χ3n) is 5.79. The number of benzene rings is 2. The molecule has 2 aromatic heterocycles. The number of hydrogen-bond donors (Lipinski definition) is 1. The predicted octanol–water partition coefficient (Wildman–Crippen LogP) is 9.70. The van der Waals surface area contributed by atoms with Gasteiger partial charge < -0.3 is 10.1 Å². The van der Waals surface area contributed by atoms with Crippen LogP contribution in [0.25, 0.3) is 11.3 Å². The number of rotatable bonds is 10. The third-order valence-corrected chi connectivity index (χ3v) is 6.96. The number of halogens is 3. The molecule has 0 aliphatic carbocycles. The van der Waals surface area contributed by atoms with Gasteiger partial charge in [0.05, 0.1) is 12.2 Å². The highest BCUT2D eigenvalue weighted by atomic mass is 35.5. The maximum Gasteiger partial charge on any atom is 0.274 e. The minimum absolute atomic E-state index is 0.173. The van der Waals surface area contributed by atoms with Crippen LogP contribution in [0.4, 0.5) is 19.6 Å². The van der Waals surface area contributed by atoms with Gasteiger partial charge in [-0.3, -0.25) is 4.98 Å². The lowest BCUT2D eigenvalue weighted by atomic mass is 10.0. The molecular formula is C30H34ClF2N3OS. The number of anilines is 2. The number of pyridine rings is 1. The average Bonchev–Trinajstić information content (AvgIpc) is 3.28. The molecule has 202 valence electrons. The number of nitrogens with one attached hydrogen (secondary N) is 1. The molecule has 0 aliphatic rings. The molecule has 0 aliphatic heterocycles. The fraction of sp³-hybridized carbons (Fsp3) is 0.333. The van der Waals surface area contributed by atoms with Crippen LogP contribution in [-0.4, -0.2) is 16.6 Å². The third kappa shape index (κ3) is 8.23. The molecule has 4 aromatic rings. The molecule has 0 unspecified atom stereocenters. The molecule has 2 heterocycles. The van der Waals surface area contributed by atoms with Crippen molar-refractivity contribution < 1.29 is 13.5 Å². The van der Waals surface area contributed by atoms with Gasteiger partial charge in [0.15, 0.2) is 5.13 Å². The smallest absolute Gasteiger partial charge is 0.274 e. The van der Waals surface area contributed by atoms with Crippen LogP contribution in [0.2, 0.25) is 4.34 Å². The van der Waals surface area contributed by atoms with Crippen LogP contribution in [0.3, 0.4) is 0 Å². The molecule has 2 aromatic carbocycles. The number of aromatic nitrogens is 2. The Morgan fingerprint density at radius 3 is 2.50 bits per heavy atom. The van der Waals surface area contributed by atoms with Crippen molar-refractivity contribution in [3.05, 3.63) is 88.0 Å². The summed E-state index contributed by atoms with van der Waals surface area (Å²) in [7, 11) is 0. The number of nitrogens with zero attached hydrogens (tertiary/aromatic N) is 2. The molecule has 0 radical (unpaired) electrons. The number of thiazole rings is 1. The lowest BCUT2D eigenvalue weighted by Crippen LogP contribution is -2.14. The van der Waals surface area contributed by atoms with Crippen LogP contribution in [-0.2, 0) is 12.3 Å². The second-order valence-electron chi connectivity index (χ2n) is 9.05. The van der Waals surface area contributed by atoms with Crippen LogP contribution in [0.5, 0.6) is 5.75 Å². The van der Waals surface area contributed by atoms with E-state index in [1.807, 2.05) is 19.9 Å². The van der Waals surface area contributed by atoms with Gasteiger partial charge in [-0.15, -0.1) is 0 Å². The zero-order valence-corrected chi connectivity index (χ0v) is 24.0. The van der Waals surface area contributed by atoms with Gasteiger partial charge in [0, 0.05) is 30.6 Å². The van der Waals surface area contributed by atoms with Crippen molar-refractivity contribution in [3.8, 4) is 17.0 Å². The van der Waals surface area contributed by atoms with Gasteiger partial charge in [0.1, 0.15) is 15.8 Å². The van der Waals surface area contributed by atoms with Crippen LogP contribution in [0, 0.1) is 12.8 Å². The summed E-state index contributed by atoms with van der Waals surface area (Å²) in [5, 5.41) is 3.60. The Bertz CT molecular complexity index is 1290. The first-order chi connectivity index (χ1) is 18.2. The average molecular weight is 558 g/mol. The molecular weight excluding hydrogens is 524 g/mol. The van der Waals surface area contributed by atoms with Gasteiger partial charge >= 0.3 is 0 Å². The van der Waals surface area contributed by atoms with Gasteiger partial charge in [-0.2, -0.15) is 0 Å². The number of alkyl halides is 2. The van der Waals surface area contributed by atoms with E-state index in [0.29, 0.717) is 27.5 Å². The molecule has 0 bridgehead atoms. The molecule has 4 rings (SSSR count). The zero-order chi connectivity index (χ0) is 27.7. The van der Waals surface area contributed by atoms with Crippen LogP contribution < -0.4 is 10.1 Å². The van der Waals surface area contributed by atoms with Crippen molar-refractivity contribution in [2.75, 3.05) is 11.9 Å². The molecule has 0 saturated carbocycles. The van der Waals surface area contributed by atoms with E-state index < -0.39 is 5.92 Å². The van der Waals surface area contributed by atoms with E-state index in [2.05, 4.69) is 53.4 Å². The lowest BCUT2D eigenvalue weighted by Gasteiger charge is -2.20. The molecule has 4 nitrogen and oxygen atoms in total. The van der Waals surface area contributed by atoms with E-state index in [1.165, 1.54) is 28.5 Å². The molecule has 1 atom stereocenters. The predicted molar refractivity (Wildman–Crippen MR) is 155 cm³/mol. The zero-order valence-electron chi connectivity index (χ0n) is 22.4. The summed E-state index contributed by atoms with van der Waals surface area (Å²) in [5.74, 6) is -2.67. The summed E-state index contributed by atoms with van der Waals surface area (Å²) < 4.78 is 35.4. The first-order valence-corrected chi connectivity index (χ1v) is 13.9. The van der Waals surface area contributed by atoms with Gasteiger partial charge in [-0.05, 0) is 61.6 Å². The Labute approximate surface area is 233 Å². The molecule has 1 N–H and O–H groups in total. The van der Waals surface area contributed by atoms with E-state index >= 15 is 0 Å². The van der Waals surface area contributed by atoms with E-state index in [-0.39, 0.29) is 17.2 Å². The van der Waals surface area contributed by atoms with Crippen molar-refractivity contribution >= 4 is 33.8 Å². The Morgan fingerprint density at radius 2 is 1.84 bits per heavy atom. The van der Waals surface area contributed by atoms with Crippen molar-refractivity contribution in [1.82, 2.24) is 9.97 Å². The minimum atomic E-state index is -3.07. The monoisotopic (exact) mass is 557 g/mol. The van der Waals surface area contributed by atoms with Crippen molar-refractivity contribution in [3.63, 3.8) is 0 Å². The molecule has 38 heavy (non-hydrogen) atoms. The fourth-order valence-electron chi connectivity index (χ4n) is 3.72. The highest BCUT2D eigenvalue weighted by molar-refractivity contribution is 7.20. The molecule has 8 heteroatoms. The quantitative estimate of drug-likeness (QED) is 0.211. The molecule has 0 fully saturated rings. The van der Waals surface area contributed by atoms with Crippen LogP contribution in [0.1, 0.15) is 50.8 Å². The number of ether oxygens (including phenoxy) is 1. The van der Waals surface area contributed by atoms with E-state index in [1.54, 1.807) is 30.6 Å². The Hall–Kier alpha value is -3.03. The topological polar surface area (TPSA) is 47.0 Å². The lowest BCUT2D eigenvalue weighted by molar-refractivity contribution is 0.0141. The Morgan fingerprint density at radius 1 is 1.11 bits per heavy atom. The largest absolute Gasteiger partial charge is 0.493 e. The SMILES string of the molecule is CC.Cc1ccc(CC[C@@H](C)COc2ccc(Nc3nc(-c4cccnc4)c(Cl)s3)cc2C(C)(F)F)cc1. The molecule has 0 spiro atoms. The van der Waals surface area contributed by atoms with Crippen molar-refractivity contribution in [2.24, 2.45) is 5.92 Å². The second-order valence-corrected chi connectivity index (χ2v) is 10.6. The number of aryl methyl sites for hydroxylation is 2. The standard InChI is InChI=1S/C28H28ClF2N3OS.C2H6/c1-18-6-9-20(10-7-18)11-8-19(2)17-35-24-13-12-22(15-23(24)28(3,30)31)33-27-34-25(26(29)36-27)21-5-4-14-32-16-21;1-2/h4-7,9-10,12-16,19H,8,11,17H2,1-3H3,(H,33,34);1-2H3/t19-;/m1./s1.